The van der Waals surface area contributed by atoms with Gasteiger partial charge in [0.25, 0.3) is 5.91 Å². The minimum atomic E-state index is -1.13. The molecule has 2 rings (SSSR count). The van der Waals surface area contributed by atoms with Crippen molar-refractivity contribution in [2.45, 2.75) is 32.4 Å². The highest BCUT2D eigenvalue weighted by molar-refractivity contribution is 6.04. The highest BCUT2D eigenvalue weighted by Gasteiger charge is 2.38. The zero-order chi connectivity index (χ0) is 14.9. The normalized spacial score (nSPS) is 18.5. The molecule has 0 saturated carbocycles. The number of carboxylic acid groups (broad SMARTS) is 1. The number of carboxylic acids is 1. The number of imide groups is 1. The van der Waals surface area contributed by atoms with Crippen molar-refractivity contribution < 1.29 is 19.5 Å². The first-order valence-corrected chi connectivity index (χ1v) is 6.31. The number of carbonyl (C=O) groups is 3. The molecule has 1 atom stereocenters. The number of urea groups is 1. The average Bonchev–Trinajstić information content (AvgIpc) is 2.86. The Kier molecular flexibility index (Phi) is 3.73. The van der Waals surface area contributed by atoms with Gasteiger partial charge >= 0.3 is 12.0 Å². The number of amides is 3. The van der Waals surface area contributed by atoms with E-state index in [1.165, 1.54) is 10.9 Å². The highest BCUT2D eigenvalue weighted by Crippen LogP contribution is 2.17. The summed E-state index contributed by atoms with van der Waals surface area (Å²) < 4.78 is 1.36. The topological polar surface area (TPSA) is 105 Å². The smallest absolute Gasteiger partial charge is 0.339 e. The number of aryl methyl sites for hydroxylation is 1. The second-order valence-electron chi connectivity index (χ2n) is 4.65. The first kappa shape index (κ1) is 14.0. The van der Waals surface area contributed by atoms with E-state index in [0.717, 1.165) is 11.3 Å². The van der Waals surface area contributed by atoms with Gasteiger partial charge in [0.1, 0.15) is 11.6 Å². The number of nitrogens with zero attached hydrogens (tertiary/aromatic N) is 3. The van der Waals surface area contributed by atoms with E-state index >= 15 is 0 Å². The van der Waals surface area contributed by atoms with E-state index in [4.69, 9.17) is 5.11 Å². The van der Waals surface area contributed by atoms with E-state index in [1.54, 1.807) is 7.05 Å². The summed E-state index contributed by atoms with van der Waals surface area (Å²) in [5.41, 5.74) is 0.310. The van der Waals surface area contributed by atoms with E-state index in [2.05, 4.69) is 10.4 Å². The van der Waals surface area contributed by atoms with Gasteiger partial charge in [-0.2, -0.15) is 5.10 Å². The molecule has 0 radical (unpaired) electrons. The molecule has 1 aliphatic rings. The minimum Gasteiger partial charge on any atom is -0.478 e. The molecular formula is C12H16N4O4. The molecule has 2 heterocycles. The number of carbonyl (C=O) groups excluding carboxylic acids is 2. The van der Waals surface area contributed by atoms with Crippen LogP contribution in [0.4, 0.5) is 4.79 Å². The molecule has 2 N–H and O–H groups in total. The Bertz CT molecular complexity index is 566. The van der Waals surface area contributed by atoms with Crippen molar-refractivity contribution in [3.05, 3.63) is 17.5 Å². The zero-order valence-electron chi connectivity index (χ0n) is 11.3. The van der Waals surface area contributed by atoms with Crippen LogP contribution in [0.3, 0.4) is 0 Å². The summed E-state index contributed by atoms with van der Waals surface area (Å²) in [7, 11) is 1.57. The summed E-state index contributed by atoms with van der Waals surface area (Å²) >= 11 is 0. The lowest BCUT2D eigenvalue weighted by Crippen LogP contribution is -2.32. The molecule has 1 aliphatic heterocycles. The zero-order valence-corrected chi connectivity index (χ0v) is 11.3. The van der Waals surface area contributed by atoms with Crippen LogP contribution in [0, 0.1) is 0 Å². The molecule has 8 nitrogen and oxygen atoms in total. The fourth-order valence-corrected chi connectivity index (χ4v) is 2.19. The molecule has 1 aromatic rings. The van der Waals surface area contributed by atoms with Crippen molar-refractivity contribution in [1.82, 2.24) is 20.0 Å². The van der Waals surface area contributed by atoms with Crippen LogP contribution < -0.4 is 5.32 Å². The fraction of sp³-hybridized carbons (Fsp3) is 0.500. The first-order chi connectivity index (χ1) is 9.45. The molecule has 0 spiro atoms. The van der Waals surface area contributed by atoms with Crippen LogP contribution in [0.25, 0.3) is 0 Å². The largest absolute Gasteiger partial charge is 0.478 e. The van der Waals surface area contributed by atoms with Gasteiger partial charge in [-0.25, -0.2) is 9.59 Å². The Hall–Kier alpha value is -2.38. The Morgan fingerprint density at radius 3 is 2.80 bits per heavy atom. The quantitative estimate of drug-likeness (QED) is 0.757. The van der Waals surface area contributed by atoms with Crippen LogP contribution in [-0.2, 0) is 18.4 Å². The van der Waals surface area contributed by atoms with E-state index in [1.807, 2.05) is 6.92 Å². The number of aromatic carboxylic acids is 1. The summed E-state index contributed by atoms with van der Waals surface area (Å²) in [6, 6.07) is -1.01. The summed E-state index contributed by atoms with van der Waals surface area (Å²) in [5.74, 6) is -1.46. The molecule has 0 bridgehead atoms. The van der Waals surface area contributed by atoms with Crippen LogP contribution >= 0.6 is 0 Å². The maximum Gasteiger partial charge on any atom is 0.339 e. The molecule has 108 valence electrons. The second-order valence-corrected chi connectivity index (χ2v) is 4.65. The number of aromatic nitrogens is 2. The van der Waals surface area contributed by atoms with Gasteiger partial charge in [-0.1, -0.05) is 13.3 Å². The molecule has 0 aromatic carbocycles. The monoisotopic (exact) mass is 280 g/mol. The molecule has 1 fully saturated rings. The van der Waals surface area contributed by atoms with Gasteiger partial charge in [-0.15, -0.1) is 0 Å². The molecule has 1 aromatic heterocycles. The lowest BCUT2D eigenvalue weighted by Gasteiger charge is -2.13. The van der Waals surface area contributed by atoms with E-state index in [9.17, 15) is 14.4 Å². The second kappa shape index (κ2) is 5.32. The van der Waals surface area contributed by atoms with Crippen LogP contribution in [0.15, 0.2) is 6.20 Å². The van der Waals surface area contributed by atoms with Crippen molar-refractivity contribution in [3.63, 3.8) is 0 Å². The molecule has 1 unspecified atom stereocenters. The molecular weight excluding hydrogens is 264 g/mol. The van der Waals surface area contributed by atoms with Crippen LogP contribution in [0.2, 0.25) is 0 Å². The van der Waals surface area contributed by atoms with Gasteiger partial charge in [-0.3, -0.25) is 14.4 Å². The number of hydrogen-bond donors (Lipinski definition) is 2. The van der Waals surface area contributed by atoms with Gasteiger partial charge in [-0.05, 0) is 6.42 Å². The molecule has 8 heteroatoms. The van der Waals surface area contributed by atoms with E-state index in [0.29, 0.717) is 12.1 Å². The van der Waals surface area contributed by atoms with Gasteiger partial charge in [0.05, 0.1) is 18.4 Å². The minimum absolute atomic E-state index is 0.00737. The Morgan fingerprint density at radius 1 is 1.50 bits per heavy atom. The Labute approximate surface area is 115 Å². The Balaban J connectivity index is 2.22. The van der Waals surface area contributed by atoms with Crippen LogP contribution in [0.1, 0.15) is 35.8 Å². The average molecular weight is 280 g/mol. The predicted molar refractivity (Wildman–Crippen MR) is 67.9 cm³/mol. The number of hydrogen-bond acceptors (Lipinski definition) is 4. The third kappa shape index (κ3) is 2.36. The molecule has 20 heavy (non-hydrogen) atoms. The molecule has 1 saturated heterocycles. The maximum absolute atomic E-state index is 12.1. The standard InChI is InChI=1S/C12H16N4O4/c1-3-4-8-10(17)16(12(20)14-8)6-9-7(11(18)19)5-13-15(9)2/h5,8H,3-4,6H2,1-2H3,(H,14,20)(H,18,19). The predicted octanol–water partition coefficient (Wildman–Crippen LogP) is 0.339. The van der Waals surface area contributed by atoms with Crippen molar-refractivity contribution in [2.24, 2.45) is 7.05 Å². The number of rotatable bonds is 5. The van der Waals surface area contributed by atoms with Crippen LogP contribution in [-0.4, -0.2) is 43.7 Å². The van der Waals surface area contributed by atoms with Crippen molar-refractivity contribution in [1.29, 1.82) is 0 Å². The Morgan fingerprint density at radius 2 is 2.20 bits per heavy atom. The first-order valence-electron chi connectivity index (χ1n) is 6.31. The number of nitrogens with one attached hydrogen (secondary N) is 1. The summed E-state index contributed by atoms with van der Waals surface area (Å²) in [5, 5.41) is 15.5. The highest BCUT2D eigenvalue weighted by atomic mass is 16.4. The van der Waals surface area contributed by atoms with Crippen LogP contribution in [0.5, 0.6) is 0 Å². The third-order valence-electron chi connectivity index (χ3n) is 3.28. The van der Waals surface area contributed by atoms with Gasteiger partial charge in [0, 0.05) is 7.05 Å². The summed E-state index contributed by atoms with van der Waals surface area (Å²) in [4.78, 5) is 36.0. The van der Waals surface area contributed by atoms with Crippen molar-refractivity contribution in [3.8, 4) is 0 Å². The van der Waals surface area contributed by atoms with Gasteiger partial charge in [0.2, 0.25) is 0 Å². The molecule has 0 aliphatic carbocycles. The van der Waals surface area contributed by atoms with Crippen molar-refractivity contribution in [2.75, 3.05) is 0 Å². The van der Waals surface area contributed by atoms with Gasteiger partial charge < -0.3 is 10.4 Å². The van der Waals surface area contributed by atoms with Gasteiger partial charge in [0.15, 0.2) is 0 Å². The fourth-order valence-electron chi connectivity index (χ4n) is 2.19. The maximum atomic E-state index is 12.1. The lowest BCUT2D eigenvalue weighted by molar-refractivity contribution is -0.128. The van der Waals surface area contributed by atoms with Crippen molar-refractivity contribution >= 4 is 17.9 Å². The third-order valence-corrected chi connectivity index (χ3v) is 3.28. The van der Waals surface area contributed by atoms with E-state index in [-0.39, 0.29) is 18.0 Å². The molecule has 3 amide bonds. The summed E-state index contributed by atoms with van der Waals surface area (Å²) in [6.07, 6.45) is 2.55. The summed E-state index contributed by atoms with van der Waals surface area (Å²) in [6.45, 7) is 1.83. The van der Waals surface area contributed by atoms with E-state index < -0.39 is 18.0 Å². The lowest BCUT2D eigenvalue weighted by atomic mass is 10.1. The SMILES string of the molecule is CCCC1NC(=O)N(Cc2c(C(=O)O)cnn2C)C1=O.